The third kappa shape index (κ3) is 10.2. The zero-order valence-corrected chi connectivity index (χ0v) is 23.7. The zero-order valence-electron chi connectivity index (χ0n) is 22.9. The van der Waals surface area contributed by atoms with Crippen LogP contribution in [0.1, 0.15) is 28.9 Å². The van der Waals surface area contributed by atoms with Gasteiger partial charge in [0.2, 0.25) is 5.91 Å². The number of hydrogen-bond acceptors (Lipinski definition) is 9. The van der Waals surface area contributed by atoms with Gasteiger partial charge in [0, 0.05) is 50.7 Å². The fourth-order valence-corrected chi connectivity index (χ4v) is 5.55. The number of anilines is 1. The SMILES string of the molecule is O=C(CN1CCS(=O)(=O)CC1)Nc1ccn(CCCCn2cc(C(=O)NCc3cccc(OC(F)(F)F)c3)nn2)c(=O)c1. The number of nitrogens with zero attached hydrogens (tertiary/aromatic N) is 5. The smallest absolute Gasteiger partial charge is 0.406 e. The largest absolute Gasteiger partial charge is 0.573 e. The van der Waals surface area contributed by atoms with Crippen LogP contribution in [-0.2, 0) is 34.3 Å². The molecule has 43 heavy (non-hydrogen) atoms. The maximum absolute atomic E-state index is 12.5. The van der Waals surface area contributed by atoms with E-state index in [2.05, 4.69) is 25.7 Å². The summed E-state index contributed by atoms with van der Waals surface area (Å²) in [7, 11) is -3.03. The number of aryl methyl sites for hydroxylation is 2. The highest BCUT2D eigenvalue weighted by molar-refractivity contribution is 7.91. The molecule has 1 aliphatic heterocycles. The number of nitrogens with one attached hydrogen (secondary N) is 2. The Morgan fingerprint density at radius 1 is 1.05 bits per heavy atom. The van der Waals surface area contributed by atoms with Crippen molar-refractivity contribution in [2.75, 3.05) is 36.5 Å². The maximum atomic E-state index is 12.5. The fourth-order valence-electron chi connectivity index (χ4n) is 4.28. The van der Waals surface area contributed by atoms with E-state index in [0.717, 1.165) is 6.07 Å². The van der Waals surface area contributed by atoms with Gasteiger partial charge in [0.15, 0.2) is 15.5 Å². The fraction of sp³-hybridized carbons (Fsp3) is 0.423. The molecular formula is C26H30F3N7O6S. The Morgan fingerprint density at radius 2 is 1.79 bits per heavy atom. The van der Waals surface area contributed by atoms with Crippen molar-refractivity contribution in [3.05, 3.63) is 70.4 Å². The van der Waals surface area contributed by atoms with E-state index >= 15 is 0 Å². The summed E-state index contributed by atoms with van der Waals surface area (Å²) in [5.41, 5.74) is 0.510. The standard InChI is InChI=1S/C26H30F3N7O6S/c27-26(28,29)42-21-5-3-4-19(14-21)16-30-25(39)22-17-36(33-32-22)8-2-1-7-35-9-6-20(15-24(35)38)31-23(37)18-34-10-12-43(40,41)13-11-34/h3-6,9,14-15,17H,1-2,7-8,10-13,16,18H2,(H,30,39)(H,31,37). The average Bonchev–Trinajstić information content (AvgIpc) is 3.40. The highest BCUT2D eigenvalue weighted by Gasteiger charge is 2.31. The summed E-state index contributed by atoms with van der Waals surface area (Å²) in [4.78, 5) is 38.9. The average molecular weight is 626 g/mol. The number of alkyl halides is 3. The van der Waals surface area contributed by atoms with Crippen molar-refractivity contribution in [3.63, 3.8) is 0 Å². The molecule has 1 fully saturated rings. The van der Waals surface area contributed by atoms with Gasteiger partial charge in [-0.05, 0) is 36.6 Å². The summed E-state index contributed by atoms with van der Waals surface area (Å²) in [6.45, 7) is 1.43. The predicted molar refractivity (Wildman–Crippen MR) is 148 cm³/mol. The van der Waals surface area contributed by atoms with E-state index in [9.17, 15) is 36.0 Å². The quantitative estimate of drug-likeness (QED) is 0.284. The molecule has 0 bridgehead atoms. The molecule has 0 saturated carbocycles. The molecule has 1 aliphatic rings. The Balaban J connectivity index is 1.17. The molecule has 232 valence electrons. The molecule has 2 aromatic heterocycles. The molecule has 1 saturated heterocycles. The van der Waals surface area contributed by atoms with Gasteiger partial charge in [-0.2, -0.15) is 0 Å². The normalized spacial score (nSPS) is 15.1. The maximum Gasteiger partial charge on any atom is 0.573 e. The summed E-state index contributed by atoms with van der Waals surface area (Å²) >= 11 is 0. The lowest BCUT2D eigenvalue weighted by Crippen LogP contribution is -2.43. The topological polar surface area (TPSA) is 158 Å². The molecular weight excluding hydrogens is 595 g/mol. The second-order valence-corrected chi connectivity index (χ2v) is 12.2. The molecule has 2 amide bonds. The van der Waals surface area contributed by atoms with Crippen molar-refractivity contribution >= 4 is 27.3 Å². The summed E-state index contributed by atoms with van der Waals surface area (Å²) in [5, 5.41) is 13.0. The number of carbonyl (C=O) groups excluding carboxylic acids is 2. The predicted octanol–water partition coefficient (Wildman–Crippen LogP) is 1.42. The van der Waals surface area contributed by atoms with Crippen LogP contribution in [0.25, 0.3) is 0 Å². The molecule has 0 aliphatic carbocycles. The lowest BCUT2D eigenvalue weighted by atomic mass is 10.2. The van der Waals surface area contributed by atoms with Crippen molar-refractivity contribution in [2.45, 2.75) is 38.8 Å². The Morgan fingerprint density at radius 3 is 2.51 bits per heavy atom. The first kappa shape index (κ1) is 31.7. The van der Waals surface area contributed by atoms with Gasteiger partial charge in [0.05, 0.1) is 24.2 Å². The van der Waals surface area contributed by atoms with Gasteiger partial charge in [-0.1, -0.05) is 17.3 Å². The molecule has 3 heterocycles. The van der Waals surface area contributed by atoms with E-state index in [0.29, 0.717) is 50.3 Å². The number of benzene rings is 1. The van der Waals surface area contributed by atoms with E-state index in [1.165, 1.54) is 33.6 Å². The number of carbonyl (C=O) groups is 2. The zero-order chi connectivity index (χ0) is 31.0. The number of hydrogen-bond donors (Lipinski definition) is 2. The van der Waals surface area contributed by atoms with Crippen molar-refractivity contribution in [1.82, 2.24) is 29.8 Å². The summed E-state index contributed by atoms with van der Waals surface area (Å²) < 4.78 is 67.1. The molecule has 3 aromatic rings. The third-order valence-electron chi connectivity index (χ3n) is 6.48. The van der Waals surface area contributed by atoms with Crippen LogP contribution in [0.5, 0.6) is 5.75 Å². The van der Waals surface area contributed by atoms with Gasteiger partial charge in [-0.15, -0.1) is 18.3 Å². The van der Waals surface area contributed by atoms with Gasteiger partial charge >= 0.3 is 6.36 Å². The molecule has 0 atom stereocenters. The van der Waals surface area contributed by atoms with Crippen molar-refractivity contribution < 1.29 is 35.9 Å². The Hall–Kier alpha value is -4.25. The number of rotatable bonds is 12. The van der Waals surface area contributed by atoms with Crippen LogP contribution < -0.4 is 20.9 Å². The molecule has 1 aromatic carbocycles. The van der Waals surface area contributed by atoms with Crippen LogP contribution in [0.3, 0.4) is 0 Å². The first-order valence-electron chi connectivity index (χ1n) is 13.3. The van der Waals surface area contributed by atoms with Crippen molar-refractivity contribution in [3.8, 4) is 5.75 Å². The number of unbranched alkanes of at least 4 members (excludes halogenated alkanes) is 1. The van der Waals surface area contributed by atoms with Crippen LogP contribution in [0.2, 0.25) is 0 Å². The molecule has 0 spiro atoms. The minimum Gasteiger partial charge on any atom is -0.406 e. The number of pyridine rings is 1. The van der Waals surface area contributed by atoms with Gasteiger partial charge in [0.25, 0.3) is 11.5 Å². The minimum atomic E-state index is -4.81. The van der Waals surface area contributed by atoms with E-state index < -0.39 is 22.1 Å². The first-order valence-corrected chi connectivity index (χ1v) is 15.1. The number of ether oxygens (including phenoxy) is 1. The summed E-state index contributed by atoms with van der Waals surface area (Å²) in [5.74, 6) is -1.22. The molecule has 4 rings (SSSR count). The number of amides is 2. The van der Waals surface area contributed by atoms with Gasteiger partial charge < -0.3 is 19.9 Å². The van der Waals surface area contributed by atoms with Crippen LogP contribution in [0, 0.1) is 0 Å². The lowest BCUT2D eigenvalue weighted by molar-refractivity contribution is -0.274. The molecule has 0 radical (unpaired) electrons. The van der Waals surface area contributed by atoms with Crippen molar-refractivity contribution in [2.24, 2.45) is 0 Å². The molecule has 17 heteroatoms. The highest BCUT2D eigenvalue weighted by Crippen LogP contribution is 2.23. The van der Waals surface area contributed by atoms with Crippen LogP contribution >= 0.6 is 0 Å². The van der Waals surface area contributed by atoms with Crippen LogP contribution in [0.15, 0.2) is 53.6 Å². The molecule has 0 unspecified atom stereocenters. The van der Waals surface area contributed by atoms with E-state index in [1.54, 1.807) is 23.2 Å². The van der Waals surface area contributed by atoms with E-state index in [1.807, 2.05) is 0 Å². The van der Waals surface area contributed by atoms with Crippen LogP contribution in [-0.4, -0.2) is 82.2 Å². The number of sulfone groups is 1. The number of aromatic nitrogens is 4. The second kappa shape index (κ2) is 13.8. The lowest BCUT2D eigenvalue weighted by Gasteiger charge is -2.25. The molecule has 13 nitrogen and oxygen atoms in total. The second-order valence-electron chi connectivity index (χ2n) is 9.88. The van der Waals surface area contributed by atoms with E-state index in [-0.39, 0.29) is 47.5 Å². The van der Waals surface area contributed by atoms with Crippen molar-refractivity contribution in [1.29, 1.82) is 0 Å². The minimum absolute atomic E-state index is 0.0228. The Bertz CT molecular complexity index is 1590. The third-order valence-corrected chi connectivity index (χ3v) is 8.09. The Labute approximate surface area is 244 Å². The van der Waals surface area contributed by atoms with Crippen LogP contribution in [0.4, 0.5) is 18.9 Å². The van der Waals surface area contributed by atoms with E-state index in [4.69, 9.17) is 0 Å². The monoisotopic (exact) mass is 625 g/mol. The van der Waals surface area contributed by atoms with Gasteiger partial charge in [-0.25, -0.2) is 8.42 Å². The Kier molecular flexibility index (Phi) is 10.2. The molecule has 2 N–H and O–H groups in total. The number of halogens is 3. The summed E-state index contributed by atoms with van der Waals surface area (Å²) in [6, 6.07) is 8.20. The summed E-state index contributed by atoms with van der Waals surface area (Å²) in [6.07, 6.45) is -0.557. The van der Waals surface area contributed by atoms with Gasteiger partial charge in [-0.3, -0.25) is 24.0 Å². The van der Waals surface area contributed by atoms with Gasteiger partial charge in [0.1, 0.15) is 5.75 Å². The first-order chi connectivity index (χ1) is 20.3. The highest BCUT2D eigenvalue weighted by atomic mass is 32.2.